The van der Waals surface area contributed by atoms with E-state index in [0.717, 1.165) is 7.11 Å². The number of carbonyl (C=O) groups excluding carboxylic acids is 5. The molecule has 0 saturated carbocycles. The summed E-state index contributed by atoms with van der Waals surface area (Å²) in [5.41, 5.74) is 0.365. The fraction of sp³-hybridized carbons (Fsp3) is 0.417. The molecular weight excluding hydrogens is 486 g/mol. The summed E-state index contributed by atoms with van der Waals surface area (Å²) in [6, 6.07) is 4.88. The summed E-state index contributed by atoms with van der Waals surface area (Å²) in [4.78, 5) is 61.3. The number of benzene rings is 1. The van der Waals surface area contributed by atoms with Crippen molar-refractivity contribution in [3.63, 3.8) is 0 Å². The van der Waals surface area contributed by atoms with Gasteiger partial charge in [0.25, 0.3) is 11.8 Å². The Balaban J connectivity index is 1.90. The van der Waals surface area contributed by atoms with Crippen molar-refractivity contribution in [2.45, 2.75) is 46.3 Å². The van der Waals surface area contributed by atoms with Gasteiger partial charge in [0.2, 0.25) is 5.91 Å². The zero-order valence-corrected chi connectivity index (χ0v) is 21.5. The second kappa shape index (κ2) is 12.5. The van der Waals surface area contributed by atoms with E-state index in [4.69, 9.17) is 14.0 Å². The van der Waals surface area contributed by atoms with Gasteiger partial charge in [-0.25, -0.2) is 9.59 Å². The van der Waals surface area contributed by atoms with E-state index in [1.54, 1.807) is 46.8 Å². The number of carbonyl (C=O) groups is 5. The second-order valence-electron chi connectivity index (χ2n) is 8.94. The summed E-state index contributed by atoms with van der Waals surface area (Å²) in [6.07, 6.45) is -0.675. The van der Waals surface area contributed by atoms with Gasteiger partial charge in [-0.2, -0.15) is 0 Å². The van der Waals surface area contributed by atoms with Crippen LogP contribution in [-0.2, 0) is 19.1 Å². The molecule has 0 spiro atoms. The number of aryl methyl sites for hydroxylation is 2. The zero-order valence-electron chi connectivity index (χ0n) is 21.5. The van der Waals surface area contributed by atoms with Crippen LogP contribution in [0.5, 0.6) is 0 Å². The van der Waals surface area contributed by atoms with E-state index in [1.165, 1.54) is 12.1 Å². The molecule has 13 heteroatoms. The molecule has 2 aromatic rings. The van der Waals surface area contributed by atoms with Gasteiger partial charge in [0, 0.05) is 17.8 Å². The minimum absolute atomic E-state index is 0.177. The van der Waals surface area contributed by atoms with Crippen molar-refractivity contribution in [3.8, 4) is 0 Å². The molecule has 4 amide bonds. The van der Waals surface area contributed by atoms with Crippen molar-refractivity contribution in [1.29, 1.82) is 0 Å². The topological polar surface area (TPSA) is 178 Å². The molecule has 13 nitrogen and oxygen atoms in total. The Hall–Kier alpha value is -4.42. The van der Waals surface area contributed by atoms with Crippen LogP contribution < -0.4 is 21.3 Å². The molecule has 37 heavy (non-hydrogen) atoms. The van der Waals surface area contributed by atoms with Crippen molar-refractivity contribution in [2.75, 3.05) is 25.5 Å². The van der Waals surface area contributed by atoms with Crippen LogP contribution in [0.2, 0.25) is 0 Å². The second-order valence-corrected chi connectivity index (χ2v) is 8.94. The third-order valence-corrected chi connectivity index (χ3v) is 4.73. The van der Waals surface area contributed by atoms with Crippen LogP contribution >= 0.6 is 0 Å². The number of aromatic nitrogens is 1. The maximum absolute atomic E-state index is 12.5. The Kier molecular flexibility index (Phi) is 9.75. The summed E-state index contributed by atoms with van der Waals surface area (Å²) in [5, 5.41) is 13.6. The van der Waals surface area contributed by atoms with Gasteiger partial charge in [-0.1, -0.05) is 11.2 Å². The highest BCUT2D eigenvalue weighted by atomic mass is 16.6. The summed E-state index contributed by atoms with van der Waals surface area (Å²) < 4.78 is 14.8. The highest BCUT2D eigenvalue weighted by Crippen LogP contribution is 2.14. The number of nitrogens with zero attached hydrogens (tertiary/aromatic N) is 1. The van der Waals surface area contributed by atoms with Gasteiger partial charge in [-0.05, 0) is 52.8 Å². The highest BCUT2D eigenvalue weighted by molar-refractivity contribution is 5.99. The first-order valence-corrected chi connectivity index (χ1v) is 11.3. The zero-order chi connectivity index (χ0) is 27.8. The number of rotatable bonds is 9. The Morgan fingerprint density at radius 1 is 1.05 bits per heavy atom. The lowest BCUT2D eigenvalue weighted by Crippen LogP contribution is -2.50. The van der Waals surface area contributed by atoms with Crippen molar-refractivity contribution in [1.82, 2.24) is 21.1 Å². The van der Waals surface area contributed by atoms with Gasteiger partial charge in [0.05, 0.1) is 19.3 Å². The molecule has 0 aliphatic carbocycles. The van der Waals surface area contributed by atoms with E-state index in [0.29, 0.717) is 11.4 Å². The smallest absolute Gasteiger partial charge is 0.412 e. The molecule has 1 aromatic heterocycles. The van der Waals surface area contributed by atoms with Gasteiger partial charge in [-0.3, -0.25) is 19.7 Å². The predicted octanol–water partition coefficient (Wildman–Crippen LogP) is 1.46. The number of nitrogens with one attached hydrogen (secondary N) is 4. The average molecular weight is 518 g/mol. The molecule has 0 aliphatic rings. The Labute approximate surface area is 213 Å². The molecule has 4 N–H and O–H groups in total. The minimum atomic E-state index is -1.19. The van der Waals surface area contributed by atoms with Gasteiger partial charge in [-0.15, -0.1) is 0 Å². The Morgan fingerprint density at radius 2 is 1.76 bits per heavy atom. The number of hydrogen-bond donors (Lipinski definition) is 4. The number of ether oxygens (including phenoxy) is 2. The van der Waals surface area contributed by atoms with Gasteiger partial charge in [0.1, 0.15) is 23.0 Å². The molecule has 0 saturated heterocycles. The number of methoxy groups -OCH3 is 1. The standard InChI is InChI=1S/C24H31N5O8/c1-13-19(14(2)37-29-13)21(32)28-17(22(33)35-6)11-25-18(30)12-26-20(31)15-8-7-9-16(10-15)27-23(34)36-24(3,4)5/h7-10,17H,11-12H2,1-6H3,(H,25,30)(H,26,31)(H,27,34)(H,28,32). The molecule has 200 valence electrons. The maximum Gasteiger partial charge on any atom is 0.412 e. The van der Waals surface area contributed by atoms with Crippen LogP contribution in [-0.4, -0.2) is 66.8 Å². The molecule has 1 aromatic carbocycles. The molecule has 0 aliphatic heterocycles. The van der Waals surface area contributed by atoms with Crippen molar-refractivity contribution in [3.05, 3.63) is 46.8 Å². The fourth-order valence-corrected chi connectivity index (χ4v) is 3.07. The third kappa shape index (κ3) is 8.94. The number of amides is 4. The lowest BCUT2D eigenvalue weighted by Gasteiger charge is -2.19. The molecule has 1 atom stereocenters. The number of esters is 1. The minimum Gasteiger partial charge on any atom is -0.467 e. The van der Waals surface area contributed by atoms with Crippen molar-refractivity contribution >= 4 is 35.5 Å². The molecule has 1 unspecified atom stereocenters. The van der Waals surface area contributed by atoms with Crippen molar-refractivity contribution in [2.24, 2.45) is 0 Å². The number of anilines is 1. The fourth-order valence-electron chi connectivity index (χ4n) is 3.07. The van der Waals surface area contributed by atoms with Crippen molar-refractivity contribution < 1.29 is 38.0 Å². The van der Waals surface area contributed by atoms with E-state index in [-0.39, 0.29) is 23.4 Å². The largest absolute Gasteiger partial charge is 0.467 e. The Bertz CT molecular complexity index is 1150. The van der Waals surface area contributed by atoms with Gasteiger partial charge < -0.3 is 29.9 Å². The maximum atomic E-state index is 12.5. The lowest BCUT2D eigenvalue weighted by molar-refractivity contribution is -0.142. The molecule has 1 heterocycles. The van der Waals surface area contributed by atoms with E-state index in [9.17, 15) is 24.0 Å². The van der Waals surface area contributed by atoms with Gasteiger partial charge >= 0.3 is 12.1 Å². The molecule has 0 fully saturated rings. The highest BCUT2D eigenvalue weighted by Gasteiger charge is 2.26. The average Bonchev–Trinajstić information content (AvgIpc) is 3.16. The first kappa shape index (κ1) is 28.8. The third-order valence-electron chi connectivity index (χ3n) is 4.73. The lowest BCUT2D eigenvalue weighted by atomic mass is 10.1. The quantitative estimate of drug-likeness (QED) is 0.358. The van der Waals surface area contributed by atoms with Crippen LogP contribution in [0.15, 0.2) is 28.8 Å². The first-order valence-electron chi connectivity index (χ1n) is 11.3. The van der Waals surface area contributed by atoms with E-state index in [1.807, 2.05) is 0 Å². The van der Waals surface area contributed by atoms with E-state index < -0.39 is 48.0 Å². The summed E-state index contributed by atoms with van der Waals surface area (Å²) in [7, 11) is 1.14. The molecule has 0 bridgehead atoms. The molecule has 0 radical (unpaired) electrons. The predicted molar refractivity (Wildman–Crippen MR) is 131 cm³/mol. The summed E-state index contributed by atoms with van der Waals surface area (Å²) in [6.45, 7) is 7.60. The first-order chi connectivity index (χ1) is 17.3. The van der Waals surface area contributed by atoms with E-state index >= 15 is 0 Å². The van der Waals surface area contributed by atoms with Crippen LogP contribution in [0.25, 0.3) is 0 Å². The normalized spacial score (nSPS) is 11.6. The summed E-state index contributed by atoms with van der Waals surface area (Å²) >= 11 is 0. The molecular formula is C24H31N5O8. The van der Waals surface area contributed by atoms with Crippen LogP contribution in [0, 0.1) is 13.8 Å². The monoisotopic (exact) mass is 517 g/mol. The number of hydrogen-bond acceptors (Lipinski definition) is 9. The summed E-state index contributed by atoms with van der Waals surface area (Å²) in [5.74, 6) is -2.31. The SMILES string of the molecule is COC(=O)C(CNC(=O)CNC(=O)c1cccc(NC(=O)OC(C)(C)C)c1)NC(=O)c1c(C)noc1C. The molecule has 2 rings (SSSR count). The van der Waals surface area contributed by atoms with Gasteiger partial charge in [0.15, 0.2) is 0 Å². The van der Waals surface area contributed by atoms with E-state index in [2.05, 4.69) is 26.4 Å². The Morgan fingerprint density at radius 3 is 2.35 bits per heavy atom. The van der Waals surface area contributed by atoms with Crippen LogP contribution in [0.4, 0.5) is 10.5 Å². The van der Waals surface area contributed by atoms with Crippen LogP contribution in [0.3, 0.4) is 0 Å². The van der Waals surface area contributed by atoms with Crippen LogP contribution in [0.1, 0.15) is 52.9 Å².